The van der Waals surface area contributed by atoms with Crippen LogP contribution in [0, 0.1) is 5.82 Å². The maximum absolute atomic E-state index is 13.0. The van der Waals surface area contributed by atoms with E-state index < -0.39 is 5.97 Å². The van der Waals surface area contributed by atoms with Crippen molar-refractivity contribution in [3.05, 3.63) is 35.6 Å². The van der Waals surface area contributed by atoms with Gasteiger partial charge in [0.05, 0.1) is 12.2 Å². The van der Waals surface area contributed by atoms with Gasteiger partial charge < -0.3 is 9.84 Å². The van der Waals surface area contributed by atoms with E-state index >= 15 is 0 Å². The van der Waals surface area contributed by atoms with Gasteiger partial charge in [0.1, 0.15) is 5.82 Å². The van der Waals surface area contributed by atoms with Crippen LogP contribution in [0.3, 0.4) is 0 Å². The minimum absolute atomic E-state index is 0.0474. The summed E-state index contributed by atoms with van der Waals surface area (Å²) in [6.07, 6.45) is 1.86. The van der Waals surface area contributed by atoms with E-state index in [4.69, 9.17) is 9.84 Å². The number of carbonyl (C=O) groups is 1. The molecule has 1 aromatic rings. The largest absolute Gasteiger partial charge is 0.481 e. The molecule has 2 atom stereocenters. The first-order valence-electron chi connectivity index (χ1n) is 7.39. The van der Waals surface area contributed by atoms with Gasteiger partial charge in [-0.25, -0.2) is 4.39 Å². The number of carboxylic acids is 1. The van der Waals surface area contributed by atoms with Crippen molar-refractivity contribution in [3.63, 3.8) is 0 Å². The molecule has 0 unspecified atom stereocenters. The number of nitrogens with zero attached hydrogens (tertiary/aromatic N) is 1. The quantitative estimate of drug-likeness (QED) is 0.820. The Hall–Kier alpha value is -1.46. The molecule has 5 heteroatoms. The van der Waals surface area contributed by atoms with Crippen LogP contribution in [-0.4, -0.2) is 41.7 Å². The normalized spacial score (nSPS) is 23.1. The van der Waals surface area contributed by atoms with E-state index in [9.17, 15) is 9.18 Å². The molecule has 1 fully saturated rings. The highest BCUT2D eigenvalue weighted by atomic mass is 19.1. The van der Waals surface area contributed by atoms with E-state index in [2.05, 4.69) is 4.90 Å². The van der Waals surface area contributed by atoms with Crippen molar-refractivity contribution in [1.82, 2.24) is 4.90 Å². The number of rotatable bonds is 6. The van der Waals surface area contributed by atoms with E-state index in [0.717, 1.165) is 31.6 Å². The van der Waals surface area contributed by atoms with Crippen molar-refractivity contribution in [2.75, 3.05) is 19.6 Å². The van der Waals surface area contributed by atoms with E-state index in [-0.39, 0.29) is 24.4 Å². The average molecular weight is 295 g/mol. The number of hydrogen-bond acceptors (Lipinski definition) is 3. The van der Waals surface area contributed by atoms with Crippen molar-refractivity contribution in [2.24, 2.45) is 0 Å². The zero-order valence-corrected chi connectivity index (χ0v) is 12.3. The zero-order valence-electron chi connectivity index (χ0n) is 12.3. The maximum Gasteiger partial charge on any atom is 0.303 e. The molecule has 1 heterocycles. The molecule has 0 aromatic heterocycles. The number of ether oxygens (including phenoxy) is 1. The van der Waals surface area contributed by atoms with E-state index in [1.54, 1.807) is 12.1 Å². The van der Waals surface area contributed by atoms with Gasteiger partial charge >= 0.3 is 5.97 Å². The number of aliphatic carboxylic acids is 1. The molecule has 0 bridgehead atoms. The third-order valence-electron chi connectivity index (χ3n) is 3.69. The predicted octanol–water partition coefficient (Wildman–Crippen LogP) is 2.84. The van der Waals surface area contributed by atoms with Gasteiger partial charge in [-0.1, -0.05) is 12.1 Å². The lowest BCUT2D eigenvalue weighted by molar-refractivity contribution is -0.137. The highest BCUT2D eigenvalue weighted by Gasteiger charge is 2.26. The Bertz CT molecular complexity index is 463. The minimum Gasteiger partial charge on any atom is -0.481 e. The molecule has 1 aromatic carbocycles. The minimum atomic E-state index is -0.741. The molecular weight excluding hydrogens is 273 g/mol. The third kappa shape index (κ3) is 5.10. The molecule has 1 aliphatic rings. The van der Waals surface area contributed by atoms with Crippen LogP contribution in [0.1, 0.15) is 37.9 Å². The molecule has 116 valence electrons. The SMILES string of the molecule is C[C@H]1CN(CCCCC(=O)O)C[C@H](c2ccc(F)cc2)O1. The van der Waals surface area contributed by atoms with Crippen molar-refractivity contribution in [3.8, 4) is 0 Å². The lowest BCUT2D eigenvalue weighted by Crippen LogP contribution is -2.43. The van der Waals surface area contributed by atoms with Gasteiger partial charge in [0.2, 0.25) is 0 Å². The Morgan fingerprint density at radius 1 is 1.33 bits per heavy atom. The standard InChI is InChI=1S/C16H22FNO3/c1-12-10-18(9-3-2-4-16(19)20)11-15(21-12)13-5-7-14(17)8-6-13/h5-8,12,15H,2-4,9-11H2,1H3,(H,19,20)/t12-,15+/m0/s1. The second-order valence-electron chi connectivity index (χ2n) is 5.60. The van der Waals surface area contributed by atoms with Gasteiger partial charge in [-0.2, -0.15) is 0 Å². The fourth-order valence-corrected chi connectivity index (χ4v) is 2.69. The van der Waals surface area contributed by atoms with Crippen molar-refractivity contribution >= 4 is 5.97 Å². The first-order valence-corrected chi connectivity index (χ1v) is 7.39. The van der Waals surface area contributed by atoms with Crippen LogP contribution in [-0.2, 0) is 9.53 Å². The summed E-state index contributed by atoms with van der Waals surface area (Å²) in [5, 5.41) is 8.64. The van der Waals surface area contributed by atoms with Crippen molar-refractivity contribution in [2.45, 2.75) is 38.4 Å². The Balaban J connectivity index is 1.86. The average Bonchev–Trinajstić information content (AvgIpc) is 2.43. The van der Waals surface area contributed by atoms with Gasteiger partial charge in [0, 0.05) is 19.5 Å². The second kappa shape index (κ2) is 7.52. The van der Waals surface area contributed by atoms with E-state index in [1.807, 2.05) is 6.92 Å². The molecular formula is C16H22FNO3. The van der Waals surface area contributed by atoms with Gasteiger partial charge in [-0.15, -0.1) is 0 Å². The van der Waals surface area contributed by atoms with Gasteiger partial charge in [-0.3, -0.25) is 9.69 Å². The molecule has 1 N–H and O–H groups in total. The lowest BCUT2D eigenvalue weighted by Gasteiger charge is -2.37. The monoisotopic (exact) mass is 295 g/mol. The van der Waals surface area contributed by atoms with Crippen molar-refractivity contribution < 1.29 is 19.0 Å². The van der Waals surface area contributed by atoms with Crippen LogP contribution in [0.25, 0.3) is 0 Å². The van der Waals surface area contributed by atoms with Crippen molar-refractivity contribution in [1.29, 1.82) is 0 Å². The second-order valence-corrected chi connectivity index (χ2v) is 5.60. The van der Waals surface area contributed by atoms with E-state index in [1.165, 1.54) is 12.1 Å². The summed E-state index contributed by atoms with van der Waals surface area (Å²) >= 11 is 0. The highest BCUT2D eigenvalue weighted by molar-refractivity contribution is 5.66. The van der Waals surface area contributed by atoms with Gasteiger partial charge in [0.15, 0.2) is 0 Å². The number of morpholine rings is 1. The topological polar surface area (TPSA) is 49.8 Å². The maximum atomic E-state index is 13.0. The Morgan fingerprint density at radius 3 is 2.71 bits per heavy atom. The summed E-state index contributed by atoms with van der Waals surface area (Å²) in [6.45, 7) is 4.52. The van der Waals surface area contributed by atoms with E-state index in [0.29, 0.717) is 6.42 Å². The highest BCUT2D eigenvalue weighted by Crippen LogP contribution is 2.25. The Morgan fingerprint density at radius 2 is 2.05 bits per heavy atom. The number of unbranched alkanes of at least 4 members (excludes halogenated alkanes) is 1. The fraction of sp³-hybridized carbons (Fsp3) is 0.562. The molecule has 4 nitrogen and oxygen atoms in total. The van der Waals surface area contributed by atoms with Crippen LogP contribution in [0.2, 0.25) is 0 Å². The van der Waals surface area contributed by atoms with Crippen LogP contribution >= 0.6 is 0 Å². The van der Waals surface area contributed by atoms with Gasteiger partial charge in [-0.05, 0) is 44.0 Å². The van der Waals surface area contributed by atoms with Crippen LogP contribution in [0.4, 0.5) is 4.39 Å². The predicted molar refractivity (Wildman–Crippen MR) is 77.6 cm³/mol. The van der Waals surface area contributed by atoms with Crippen LogP contribution in [0.5, 0.6) is 0 Å². The molecule has 2 rings (SSSR count). The smallest absolute Gasteiger partial charge is 0.303 e. The summed E-state index contributed by atoms with van der Waals surface area (Å²) in [5.41, 5.74) is 0.985. The molecule has 0 saturated carbocycles. The third-order valence-corrected chi connectivity index (χ3v) is 3.69. The summed E-state index contributed by atoms with van der Waals surface area (Å²) in [4.78, 5) is 12.8. The number of carboxylic acid groups (broad SMARTS) is 1. The lowest BCUT2D eigenvalue weighted by atomic mass is 10.1. The Labute approximate surface area is 124 Å². The van der Waals surface area contributed by atoms with Crippen LogP contribution in [0.15, 0.2) is 24.3 Å². The van der Waals surface area contributed by atoms with Gasteiger partial charge in [0.25, 0.3) is 0 Å². The first-order chi connectivity index (χ1) is 10.0. The number of halogens is 1. The molecule has 0 spiro atoms. The molecule has 0 aliphatic carbocycles. The molecule has 21 heavy (non-hydrogen) atoms. The number of benzene rings is 1. The fourth-order valence-electron chi connectivity index (χ4n) is 2.69. The summed E-state index contributed by atoms with van der Waals surface area (Å²) in [5.74, 6) is -0.984. The first kappa shape index (κ1) is 15.9. The molecule has 1 saturated heterocycles. The molecule has 0 radical (unpaired) electrons. The zero-order chi connectivity index (χ0) is 15.2. The summed E-state index contributed by atoms with van der Waals surface area (Å²) in [6, 6.07) is 6.44. The Kier molecular flexibility index (Phi) is 5.70. The molecule has 0 amide bonds. The molecule has 1 aliphatic heterocycles. The van der Waals surface area contributed by atoms with Crippen LogP contribution < -0.4 is 0 Å². The summed E-state index contributed by atoms with van der Waals surface area (Å²) in [7, 11) is 0. The number of hydrogen-bond donors (Lipinski definition) is 1. The summed E-state index contributed by atoms with van der Waals surface area (Å²) < 4.78 is 18.9.